The minimum Gasteiger partial charge on any atom is -0.302 e. The summed E-state index contributed by atoms with van der Waals surface area (Å²) in [6.07, 6.45) is 9.71. The molecule has 0 aromatic carbocycles. The molecule has 0 spiro atoms. The van der Waals surface area contributed by atoms with Crippen LogP contribution in [-0.4, -0.2) is 8.76 Å². The molecule has 0 fully saturated rings. The quantitative estimate of drug-likeness (QED) is 0.642. The summed E-state index contributed by atoms with van der Waals surface area (Å²) in [4.78, 5) is 0.733. The number of hydrogen-bond donors (Lipinski definition) is 1. The van der Waals surface area contributed by atoms with E-state index < -0.39 is 11.1 Å². The fourth-order valence-electron chi connectivity index (χ4n) is 1.50. The van der Waals surface area contributed by atoms with Crippen LogP contribution in [0.15, 0.2) is 11.0 Å². The van der Waals surface area contributed by atoms with E-state index >= 15 is 0 Å². The van der Waals surface area contributed by atoms with Crippen molar-refractivity contribution in [2.75, 3.05) is 0 Å². The second-order valence-electron chi connectivity index (χ2n) is 3.23. The summed E-state index contributed by atoms with van der Waals surface area (Å²) in [5, 5.41) is 0. The van der Waals surface area contributed by atoms with Crippen LogP contribution in [-0.2, 0) is 11.1 Å². The minimum absolute atomic E-state index is 0.733. The highest BCUT2D eigenvalue weighted by atomic mass is 32.2. The average Bonchev–Trinajstić information content (AvgIpc) is 2.15. The van der Waals surface area contributed by atoms with Gasteiger partial charge in [-0.15, -0.1) is 0 Å². The summed E-state index contributed by atoms with van der Waals surface area (Å²) >= 11 is -1.72. The van der Waals surface area contributed by atoms with Gasteiger partial charge in [-0.3, -0.25) is 0 Å². The first-order valence-electron chi connectivity index (χ1n) is 4.60. The van der Waals surface area contributed by atoms with E-state index in [2.05, 4.69) is 0 Å². The van der Waals surface area contributed by atoms with Gasteiger partial charge in [0.2, 0.25) is 0 Å². The summed E-state index contributed by atoms with van der Waals surface area (Å²) in [7, 11) is 0. The van der Waals surface area contributed by atoms with E-state index in [0.29, 0.717) is 0 Å². The Kier molecular flexibility index (Phi) is 4.54. The molecule has 1 atom stereocenters. The predicted octanol–water partition coefficient (Wildman–Crippen LogP) is 2.84. The van der Waals surface area contributed by atoms with Gasteiger partial charge in [0.15, 0.2) is 11.1 Å². The summed E-state index contributed by atoms with van der Waals surface area (Å²) in [6, 6.07) is 0. The van der Waals surface area contributed by atoms with Gasteiger partial charge in [-0.05, 0) is 25.7 Å². The molecule has 0 radical (unpaired) electrons. The third-order valence-electron chi connectivity index (χ3n) is 2.22. The standard InChI is InChI=1S/C9H16O2S/c10-12(11)9-7-5-3-1-2-4-6-8-9/h7H,1-6,8H2,(H,10,11). The van der Waals surface area contributed by atoms with Crippen molar-refractivity contribution in [2.45, 2.75) is 44.9 Å². The highest BCUT2D eigenvalue weighted by Gasteiger charge is 2.05. The molecule has 2 nitrogen and oxygen atoms in total. The molecule has 0 heterocycles. The molecule has 70 valence electrons. The highest BCUT2D eigenvalue weighted by Crippen LogP contribution is 2.18. The molecule has 1 unspecified atom stereocenters. The first kappa shape index (κ1) is 9.93. The Labute approximate surface area is 76.3 Å². The third kappa shape index (κ3) is 3.50. The molecule has 0 amide bonds. The lowest BCUT2D eigenvalue weighted by atomic mass is 10.1. The topological polar surface area (TPSA) is 37.3 Å². The minimum atomic E-state index is -1.72. The number of allylic oxidation sites excluding steroid dienone is 2. The fraction of sp³-hybridized carbons (Fsp3) is 0.778. The fourth-order valence-corrected chi connectivity index (χ4v) is 2.08. The smallest absolute Gasteiger partial charge is 0.181 e. The lowest BCUT2D eigenvalue weighted by Crippen LogP contribution is -1.92. The van der Waals surface area contributed by atoms with Crippen LogP contribution in [0.1, 0.15) is 44.9 Å². The van der Waals surface area contributed by atoms with Crippen LogP contribution in [0.3, 0.4) is 0 Å². The zero-order valence-corrected chi connectivity index (χ0v) is 8.11. The second kappa shape index (κ2) is 5.49. The Morgan fingerprint density at radius 1 is 1.17 bits per heavy atom. The van der Waals surface area contributed by atoms with Gasteiger partial charge < -0.3 is 4.55 Å². The van der Waals surface area contributed by atoms with E-state index in [1.165, 1.54) is 25.7 Å². The van der Waals surface area contributed by atoms with E-state index in [0.717, 1.165) is 24.2 Å². The van der Waals surface area contributed by atoms with Crippen LogP contribution in [0.2, 0.25) is 0 Å². The first-order valence-corrected chi connectivity index (χ1v) is 5.71. The Balaban J connectivity index is 2.49. The maximum absolute atomic E-state index is 10.8. The van der Waals surface area contributed by atoms with Gasteiger partial charge in [-0.25, -0.2) is 4.21 Å². The average molecular weight is 188 g/mol. The molecule has 3 heteroatoms. The first-order chi connectivity index (χ1) is 5.80. The molecule has 0 aromatic heterocycles. The van der Waals surface area contributed by atoms with Crippen LogP contribution >= 0.6 is 0 Å². The number of hydrogen-bond acceptors (Lipinski definition) is 1. The van der Waals surface area contributed by atoms with Gasteiger partial charge in [0, 0.05) is 4.91 Å². The van der Waals surface area contributed by atoms with Crippen LogP contribution in [0.5, 0.6) is 0 Å². The van der Waals surface area contributed by atoms with E-state index in [9.17, 15) is 4.21 Å². The van der Waals surface area contributed by atoms with Crippen molar-refractivity contribution in [1.82, 2.24) is 0 Å². The molecule has 0 aromatic rings. The molecule has 0 saturated carbocycles. The maximum Gasteiger partial charge on any atom is 0.181 e. The van der Waals surface area contributed by atoms with Crippen LogP contribution in [0.4, 0.5) is 0 Å². The molecule has 0 bridgehead atoms. The zero-order valence-electron chi connectivity index (χ0n) is 7.29. The lowest BCUT2D eigenvalue weighted by Gasteiger charge is -1.99. The van der Waals surface area contributed by atoms with E-state index in [-0.39, 0.29) is 0 Å². The van der Waals surface area contributed by atoms with E-state index in [1.54, 1.807) is 0 Å². The van der Waals surface area contributed by atoms with Crippen molar-refractivity contribution in [3.63, 3.8) is 0 Å². The normalized spacial score (nSPS) is 23.2. The van der Waals surface area contributed by atoms with Gasteiger partial charge in [0.05, 0.1) is 0 Å². The number of rotatable bonds is 1. The van der Waals surface area contributed by atoms with E-state index in [4.69, 9.17) is 4.55 Å². The Bertz CT molecular complexity index is 187. The molecule has 1 aliphatic carbocycles. The summed E-state index contributed by atoms with van der Waals surface area (Å²) < 4.78 is 19.7. The van der Waals surface area contributed by atoms with Crippen molar-refractivity contribution in [3.05, 3.63) is 11.0 Å². The van der Waals surface area contributed by atoms with Gasteiger partial charge in [-0.1, -0.05) is 25.3 Å². The second-order valence-corrected chi connectivity index (χ2v) is 4.25. The largest absolute Gasteiger partial charge is 0.302 e. The van der Waals surface area contributed by atoms with Gasteiger partial charge >= 0.3 is 0 Å². The molecule has 0 saturated heterocycles. The zero-order chi connectivity index (χ0) is 8.81. The third-order valence-corrected chi connectivity index (χ3v) is 3.04. The summed E-state index contributed by atoms with van der Waals surface area (Å²) in [5.74, 6) is 0. The van der Waals surface area contributed by atoms with Crippen molar-refractivity contribution in [1.29, 1.82) is 0 Å². The Hall–Kier alpha value is -0.150. The molecular weight excluding hydrogens is 172 g/mol. The summed E-state index contributed by atoms with van der Waals surface area (Å²) in [5.41, 5.74) is 0. The van der Waals surface area contributed by atoms with E-state index in [1.807, 2.05) is 6.08 Å². The van der Waals surface area contributed by atoms with Crippen LogP contribution in [0, 0.1) is 0 Å². The van der Waals surface area contributed by atoms with Crippen molar-refractivity contribution in [2.24, 2.45) is 0 Å². The molecular formula is C9H16O2S. The van der Waals surface area contributed by atoms with Gasteiger partial charge in [-0.2, -0.15) is 0 Å². The molecule has 1 rings (SSSR count). The predicted molar refractivity (Wildman–Crippen MR) is 51.2 cm³/mol. The van der Waals surface area contributed by atoms with Crippen molar-refractivity contribution < 1.29 is 8.76 Å². The SMILES string of the molecule is O=S(O)C1=CCCCCCCC1. The Morgan fingerprint density at radius 2 is 1.83 bits per heavy atom. The van der Waals surface area contributed by atoms with Crippen molar-refractivity contribution >= 4 is 11.1 Å². The van der Waals surface area contributed by atoms with Crippen LogP contribution in [0.25, 0.3) is 0 Å². The van der Waals surface area contributed by atoms with Crippen molar-refractivity contribution in [3.8, 4) is 0 Å². The molecule has 1 aliphatic rings. The highest BCUT2D eigenvalue weighted by molar-refractivity contribution is 7.83. The molecule has 12 heavy (non-hydrogen) atoms. The maximum atomic E-state index is 10.8. The molecule has 0 aliphatic heterocycles. The van der Waals surface area contributed by atoms with Gasteiger partial charge in [0.1, 0.15) is 0 Å². The molecule has 1 N–H and O–H groups in total. The monoisotopic (exact) mass is 188 g/mol. The van der Waals surface area contributed by atoms with Crippen LogP contribution < -0.4 is 0 Å². The summed E-state index contributed by atoms with van der Waals surface area (Å²) in [6.45, 7) is 0. The lowest BCUT2D eigenvalue weighted by molar-refractivity contribution is 0.567. The Morgan fingerprint density at radius 3 is 2.58 bits per heavy atom. The van der Waals surface area contributed by atoms with Gasteiger partial charge in [0.25, 0.3) is 0 Å².